The van der Waals surface area contributed by atoms with Gasteiger partial charge in [-0.25, -0.2) is 0 Å². The summed E-state index contributed by atoms with van der Waals surface area (Å²) < 4.78 is 9.65. The third kappa shape index (κ3) is 2.73. The van der Waals surface area contributed by atoms with E-state index in [9.17, 15) is 9.90 Å². The smallest absolute Gasteiger partial charge is 0.308 e. The summed E-state index contributed by atoms with van der Waals surface area (Å²) in [7, 11) is 2.87. The summed E-state index contributed by atoms with van der Waals surface area (Å²) in [5.41, 5.74) is 1.52. The number of rotatable bonds is 4. The predicted octanol–water partition coefficient (Wildman–Crippen LogP) is 1.60. The van der Waals surface area contributed by atoms with Crippen LogP contribution in [-0.4, -0.2) is 25.3 Å². The molecule has 0 aromatic heterocycles. The molecule has 0 aliphatic rings. The fourth-order valence-electron chi connectivity index (χ4n) is 1.56. The van der Waals surface area contributed by atoms with Crippen LogP contribution in [0.3, 0.4) is 0 Å². The Balaban J connectivity index is 2.91. The number of carbonyl (C=O) groups is 1. The van der Waals surface area contributed by atoms with Crippen LogP contribution < -0.4 is 4.74 Å². The minimum Gasteiger partial charge on any atom is -0.496 e. The lowest BCUT2D eigenvalue weighted by molar-refractivity contribution is -0.142. The minimum atomic E-state index is -0.859. The lowest BCUT2D eigenvalue weighted by atomic mass is 10.0. The zero-order valence-corrected chi connectivity index (χ0v) is 9.69. The molecular weight excluding hydrogens is 208 g/mol. The Bertz CT molecular complexity index is 373. The number of aliphatic hydroxyl groups is 1. The van der Waals surface area contributed by atoms with Crippen molar-refractivity contribution in [3.05, 3.63) is 29.3 Å². The fraction of sp³-hybridized carbons (Fsp3) is 0.417. The Kier molecular flexibility index (Phi) is 4.31. The van der Waals surface area contributed by atoms with Crippen LogP contribution in [0.25, 0.3) is 0 Å². The highest BCUT2D eigenvalue weighted by Crippen LogP contribution is 2.27. The molecule has 0 fully saturated rings. The van der Waals surface area contributed by atoms with Crippen molar-refractivity contribution >= 4 is 5.97 Å². The lowest BCUT2D eigenvalue weighted by Gasteiger charge is -2.14. The summed E-state index contributed by atoms with van der Waals surface area (Å²) in [5.74, 6) is 0.260. The van der Waals surface area contributed by atoms with Gasteiger partial charge in [-0.3, -0.25) is 4.79 Å². The summed E-state index contributed by atoms with van der Waals surface area (Å²) in [6.07, 6.45) is -0.910. The summed E-state index contributed by atoms with van der Waals surface area (Å²) >= 11 is 0. The summed E-state index contributed by atoms with van der Waals surface area (Å²) in [6, 6.07) is 5.36. The van der Waals surface area contributed by atoms with E-state index in [1.54, 1.807) is 19.2 Å². The molecule has 0 aliphatic carbocycles. The number of methoxy groups -OCH3 is 2. The van der Waals surface area contributed by atoms with Gasteiger partial charge >= 0.3 is 5.97 Å². The molecule has 4 nitrogen and oxygen atoms in total. The molecule has 1 aromatic carbocycles. The Morgan fingerprint density at radius 2 is 2.12 bits per heavy atom. The van der Waals surface area contributed by atoms with Crippen molar-refractivity contribution in [2.75, 3.05) is 14.2 Å². The lowest BCUT2D eigenvalue weighted by Crippen LogP contribution is -2.09. The van der Waals surface area contributed by atoms with Crippen LogP contribution in [-0.2, 0) is 9.53 Å². The van der Waals surface area contributed by atoms with Crippen molar-refractivity contribution in [2.45, 2.75) is 19.4 Å². The van der Waals surface area contributed by atoms with E-state index in [0.29, 0.717) is 11.3 Å². The summed E-state index contributed by atoms with van der Waals surface area (Å²) in [5, 5.41) is 9.87. The van der Waals surface area contributed by atoms with Crippen LogP contribution in [0.5, 0.6) is 5.75 Å². The molecule has 0 aliphatic heterocycles. The van der Waals surface area contributed by atoms with Crippen molar-refractivity contribution in [3.63, 3.8) is 0 Å². The first-order valence-corrected chi connectivity index (χ1v) is 4.98. The van der Waals surface area contributed by atoms with Crippen molar-refractivity contribution in [3.8, 4) is 5.75 Å². The molecule has 0 radical (unpaired) electrons. The molecule has 0 saturated carbocycles. The van der Waals surface area contributed by atoms with Gasteiger partial charge in [0.05, 0.1) is 26.7 Å². The zero-order valence-electron chi connectivity index (χ0n) is 9.69. The van der Waals surface area contributed by atoms with E-state index in [4.69, 9.17) is 4.74 Å². The van der Waals surface area contributed by atoms with Gasteiger partial charge in [-0.2, -0.15) is 0 Å². The molecule has 1 rings (SSSR count). The molecule has 88 valence electrons. The molecule has 1 aromatic rings. The second-order valence-electron chi connectivity index (χ2n) is 3.47. The van der Waals surface area contributed by atoms with Gasteiger partial charge in [0.25, 0.3) is 0 Å². The van der Waals surface area contributed by atoms with Gasteiger partial charge in [0, 0.05) is 0 Å². The van der Waals surface area contributed by atoms with E-state index in [-0.39, 0.29) is 6.42 Å². The SMILES string of the molecule is COC(=O)CC(O)c1cccc(OC)c1C. The van der Waals surface area contributed by atoms with Gasteiger partial charge < -0.3 is 14.6 Å². The maximum absolute atomic E-state index is 11.0. The van der Waals surface area contributed by atoms with E-state index >= 15 is 0 Å². The quantitative estimate of drug-likeness (QED) is 0.789. The first kappa shape index (κ1) is 12.5. The van der Waals surface area contributed by atoms with E-state index in [1.165, 1.54) is 7.11 Å². The number of hydrogen-bond acceptors (Lipinski definition) is 4. The van der Waals surface area contributed by atoms with Crippen molar-refractivity contribution in [1.29, 1.82) is 0 Å². The van der Waals surface area contributed by atoms with Crippen LogP contribution in [0.2, 0.25) is 0 Å². The summed E-state index contributed by atoms with van der Waals surface area (Å²) in [6.45, 7) is 1.84. The van der Waals surface area contributed by atoms with E-state index < -0.39 is 12.1 Å². The Hall–Kier alpha value is -1.55. The van der Waals surface area contributed by atoms with Crippen molar-refractivity contribution in [1.82, 2.24) is 0 Å². The largest absolute Gasteiger partial charge is 0.496 e. The predicted molar refractivity (Wildman–Crippen MR) is 59.3 cm³/mol. The van der Waals surface area contributed by atoms with E-state index in [1.807, 2.05) is 13.0 Å². The number of hydrogen-bond donors (Lipinski definition) is 1. The molecule has 1 unspecified atom stereocenters. The molecule has 0 amide bonds. The highest BCUT2D eigenvalue weighted by molar-refractivity contribution is 5.70. The number of aliphatic hydroxyl groups excluding tert-OH is 1. The average molecular weight is 224 g/mol. The van der Waals surface area contributed by atoms with Crippen molar-refractivity contribution < 1.29 is 19.4 Å². The van der Waals surface area contributed by atoms with Crippen LogP contribution >= 0.6 is 0 Å². The monoisotopic (exact) mass is 224 g/mol. The first-order chi connectivity index (χ1) is 7.60. The zero-order chi connectivity index (χ0) is 12.1. The fourth-order valence-corrected chi connectivity index (χ4v) is 1.56. The van der Waals surface area contributed by atoms with Gasteiger partial charge in [-0.05, 0) is 24.1 Å². The molecule has 4 heteroatoms. The van der Waals surface area contributed by atoms with Gasteiger partial charge in [0.15, 0.2) is 0 Å². The van der Waals surface area contributed by atoms with Gasteiger partial charge in [0.2, 0.25) is 0 Å². The highest BCUT2D eigenvalue weighted by atomic mass is 16.5. The maximum atomic E-state index is 11.0. The average Bonchev–Trinajstić information content (AvgIpc) is 2.29. The Morgan fingerprint density at radius 3 is 2.69 bits per heavy atom. The van der Waals surface area contributed by atoms with Gasteiger partial charge in [-0.1, -0.05) is 12.1 Å². The third-order valence-corrected chi connectivity index (χ3v) is 2.49. The molecule has 0 spiro atoms. The Labute approximate surface area is 94.8 Å². The molecule has 0 bridgehead atoms. The molecule has 1 atom stereocenters. The van der Waals surface area contributed by atoms with Crippen LogP contribution in [0.1, 0.15) is 23.7 Å². The second kappa shape index (κ2) is 5.51. The number of ether oxygens (including phenoxy) is 2. The normalized spacial score (nSPS) is 12.0. The molecular formula is C12H16O4. The van der Waals surface area contributed by atoms with Gasteiger partial charge in [0.1, 0.15) is 5.75 Å². The first-order valence-electron chi connectivity index (χ1n) is 4.98. The molecule has 0 saturated heterocycles. The summed E-state index contributed by atoms with van der Waals surface area (Å²) in [4.78, 5) is 11.0. The standard InChI is InChI=1S/C12H16O4/c1-8-9(5-4-6-11(8)15-2)10(13)7-12(14)16-3/h4-6,10,13H,7H2,1-3H3. The minimum absolute atomic E-state index is 0.0511. The van der Waals surface area contributed by atoms with Gasteiger partial charge in [-0.15, -0.1) is 0 Å². The topological polar surface area (TPSA) is 55.8 Å². The second-order valence-corrected chi connectivity index (χ2v) is 3.47. The maximum Gasteiger partial charge on any atom is 0.308 e. The van der Waals surface area contributed by atoms with Crippen LogP contribution in [0, 0.1) is 6.92 Å². The number of carbonyl (C=O) groups excluding carboxylic acids is 1. The molecule has 0 heterocycles. The highest BCUT2D eigenvalue weighted by Gasteiger charge is 2.16. The van der Waals surface area contributed by atoms with Crippen LogP contribution in [0.4, 0.5) is 0 Å². The number of benzene rings is 1. The third-order valence-electron chi connectivity index (χ3n) is 2.49. The number of esters is 1. The van der Waals surface area contributed by atoms with E-state index in [0.717, 1.165) is 5.56 Å². The molecule has 1 N–H and O–H groups in total. The van der Waals surface area contributed by atoms with E-state index in [2.05, 4.69) is 4.74 Å². The Morgan fingerprint density at radius 1 is 1.44 bits per heavy atom. The van der Waals surface area contributed by atoms with Crippen LogP contribution in [0.15, 0.2) is 18.2 Å². The van der Waals surface area contributed by atoms with Crippen molar-refractivity contribution in [2.24, 2.45) is 0 Å². The molecule has 16 heavy (non-hydrogen) atoms.